The summed E-state index contributed by atoms with van der Waals surface area (Å²) in [5.41, 5.74) is 3.31. The zero-order valence-corrected chi connectivity index (χ0v) is 24.0. The molecule has 4 aromatic carbocycles. The second kappa shape index (κ2) is 12.6. The predicted molar refractivity (Wildman–Crippen MR) is 167 cm³/mol. The Morgan fingerprint density at radius 2 is 1.33 bits per heavy atom. The molecule has 1 heterocycles. The first kappa shape index (κ1) is 29.1. The lowest BCUT2D eigenvalue weighted by Gasteiger charge is -2.16. The molecule has 0 bridgehead atoms. The molecule has 0 atom stereocenters. The van der Waals surface area contributed by atoms with Crippen molar-refractivity contribution in [3.8, 4) is 0 Å². The number of anilines is 5. The molecule has 43 heavy (non-hydrogen) atoms. The topological polar surface area (TPSA) is 117 Å². The first-order valence-electron chi connectivity index (χ1n) is 13.4. The number of esters is 1. The number of carbonyl (C=O) groups is 4. The number of rotatable bonds is 9. The SMILES string of the molecule is CC(C)OC(=O)c1cccc(N2C(=O)C(Cl)=C(Nc3cccc(C(=O)Nc4ccc(Nc5ccccc5)cc4)c3)C2=O)c1. The van der Waals surface area contributed by atoms with Crippen molar-refractivity contribution in [3.63, 3.8) is 0 Å². The number of halogens is 1. The van der Waals surface area contributed by atoms with E-state index in [0.29, 0.717) is 16.9 Å². The van der Waals surface area contributed by atoms with Crippen LogP contribution < -0.4 is 20.9 Å². The molecule has 216 valence electrons. The van der Waals surface area contributed by atoms with Crippen LogP contribution in [0.1, 0.15) is 34.6 Å². The van der Waals surface area contributed by atoms with E-state index in [1.165, 1.54) is 18.2 Å². The van der Waals surface area contributed by atoms with Crippen LogP contribution in [0.3, 0.4) is 0 Å². The van der Waals surface area contributed by atoms with Gasteiger partial charge in [-0.05, 0) is 86.6 Å². The molecule has 3 N–H and O–H groups in total. The van der Waals surface area contributed by atoms with E-state index in [9.17, 15) is 19.2 Å². The maximum absolute atomic E-state index is 13.3. The Morgan fingerprint density at radius 1 is 0.698 bits per heavy atom. The number of nitrogens with one attached hydrogen (secondary N) is 3. The minimum atomic E-state index is -0.748. The molecule has 4 aromatic rings. The van der Waals surface area contributed by atoms with Crippen LogP contribution in [0.2, 0.25) is 0 Å². The Bertz CT molecular complexity index is 1740. The molecule has 0 radical (unpaired) electrons. The largest absolute Gasteiger partial charge is 0.459 e. The minimum absolute atomic E-state index is 0.152. The van der Waals surface area contributed by atoms with Crippen LogP contribution in [0.5, 0.6) is 0 Å². The summed E-state index contributed by atoms with van der Waals surface area (Å²) in [5, 5.41) is 8.69. The quantitative estimate of drug-likeness (QED) is 0.146. The van der Waals surface area contributed by atoms with Gasteiger partial charge in [-0.25, -0.2) is 9.69 Å². The summed E-state index contributed by atoms with van der Waals surface area (Å²) in [6.45, 7) is 3.44. The van der Waals surface area contributed by atoms with Gasteiger partial charge in [-0.3, -0.25) is 14.4 Å². The van der Waals surface area contributed by atoms with Gasteiger partial charge in [-0.15, -0.1) is 0 Å². The molecule has 1 aliphatic rings. The van der Waals surface area contributed by atoms with Crippen LogP contribution in [0.15, 0.2) is 114 Å². The van der Waals surface area contributed by atoms with Crippen molar-refractivity contribution in [2.45, 2.75) is 20.0 Å². The second-order valence-electron chi connectivity index (χ2n) is 9.87. The fourth-order valence-corrected chi connectivity index (χ4v) is 4.52. The highest BCUT2D eigenvalue weighted by molar-refractivity contribution is 6.53. The van der Waals surface area contributed by atoms with Gasteiger partial charge in [-0.1, -0.05) is 41.9 Å². The smallest absolute Gasteiger partial charge is 0.338 e. The van der Waals surface area contributed by atoms with Crippen LogP contribution in [0, 0.1) is 0 Å². The van der Waals surface area contributed by atoms with Crippen LogP contribution in [-0.2, 0) is 14.3 Å². The van der Waals surface area contributed by atoms with Gasteiger partial charge in [0.15, 0.2) is 0 Å². The van der Waals surface area contributed by atoms with Crippen LogP contribution >= 0.6 is 11.6 Å². The molecule has 0 aromatic heterocycles. The molecule has 5 rings (SSSR count). The number of carbonyl (C=O) groups excluding carboxylic acids is 4. The zero-order valence-electron chi connectivity index (χ0n) is 23.3. The summed E-state index contributed by atoms with van der Waals surface area (Å²) in [5.74, 6) is -2.40. The molecule has 0 fully saturated rings. The number of para-hydroxylation sites is 1. The summed E-state index contributed by atoms with van der Waals surface area (Å²) >= 11 is 6.29. The van der Waals surface area contributed by atoms with Gasteiger partial charge in [0.1, 0.15) is 10.7 Å². The van der Waals surface area contributed by atoms with Crippen molar-refractivity contribution in [1.82, 2.24) is 0 Å². The highest BCUT2D eigenvalue weighted by atomic mass is 35.5. The molecule has 0 unspecified atom stereocenters. The fraction of sp³-hybridized carbons (Fsp3) is 0.0909. The van der Waals surface area contributed by atoms with E-state index in [1.807, 2.05) is 42.5 Å². The van der Waals surface area contributed by atoms with Crippen molar-refractivity contribution in [2.75, 3.05) is 20.9 Å². The number of hydrogen-bond donors (Lipinski definition) is 3. The van der Waals surface area contributed by atoms with Gasteiger partial charge in [0.25, 0.3) is 17.7 Å². The van der Waals surface area contributed by atoms with E-state index in [2.05, 4.69) is 16.0 Å². The summed E-state index contributed by atoms with van der Waals surface area (Å²) in [6.07, 6.45) is -0.334. The Kier molecular flexibility index (Phi) is 8.54. The van der Waals surface area contributed by atoms with Crippen molar-refractivity contribution in [2.24, 2.45) is 0 Å². The van der Waals surface area contributed by atoms with Crippen LogP contribution in [0.4, 0.5) is 28.4 Å². The molecule has 0 saturated heterocycles. The third-order valence-electron chi connectivity index (χ3n) is 6.31. The van der Waals surface area contributed by atoms with Gasteiger partial charge in [0.05, 0.1) is 17.4 Å². The molecule has 10 heteroatoms. The Hall–Kier alpha value is -5.41. The van der Waals surface area contributed by atoms with E-state index >= 15 is 0 Å². The number of amides is 3. The molecule has 0 saturated carbocycles. The maximum Gasteiger partial charge on any atom is 0.338 e. The van der Waals surface area contributed by atoms with Crippen LogP contribution in [-0.4, -0.2) is 29.8 Å². The van der Waals surface area contributed by atoms with Crippen molar-refractivity contribution >= 4 is 63.7 Å². The fourth-order valence-electron chi connectivity index (χ4n) is 4.31. The normalized spacial score (nSPS) is 12.9. The Balaban J connectivity index is 1.26. The third kappa shape index (κ3) is 6.74. The molecule has 0 spiro atoms. The lowest BCUT2D eigenvalue weighted by Crippen LogP contribution is -2.32. The van der Waals surface area contributed by atoms with E-state index in [0.717, 1.165) is 16.3 Å². The zero-order chi connectivity index (χ0) is 30.5. The Labute approximate surface area is 253 Å². The number of benzene rings is 4. The first-order valence-corrected chi connectivity index (χ1v) is 13.8. The first-order chi connectivity index (χ1) is 20.7. The molecular formula is C33H27ClN4O5. The molecular weight excluding hydrogens is 568 g/mol. The molecule has 9 nitrogen and oxygen atoms in total. The van der Waals surface area contributed by atoms with Crippen LogP contribution in [0.25, 0.3) is 0 Å². The minimum Gasteiger partial charge on any atom is -0.459 e. The average molecular weight is 595 g/mol. The van der Waals surface area contributed by atoms with Crippen molar-refractivity contribution in [1.29, 1.82) is 0 Å². The summed E-state index contributed by atoms with van der Waals surface area (Å²) in [4.78, 5) is 52.5. The van der Waals surface area contributed by atoms with Crippen molar-refractivity contribution < 1.29 is 23.9 Å². The lowest BCUT2D eigenvalue weighted by molar-refractivity contribution is -0.120. The second-order valence-corrected chi connectivity index (χ2v) is 10.2. The van der Waals surface area contributed by atoms with Gasteiger partial charge >= 0.3 is 5.97 Å². The van der Waals surface area contributed by atoms with E-state index < -0.39 is 17.8 Å². The van der Waals surface area contributed by atoms with Crippen molar-refractivity contribution in [3.05, 3.63) is 125 Å². The summed E-state index contributed by atoms with van der Waals surface area (Å²) in [6, 6.07) is 29.4. The average Bonchev–Trinajstić information content (AvgIpc) is 3.21. The van der Waals surface area contributed by atoms with Gasteiger partial charge in [0, 0.05) is 28.3 Å². The summed E-state index contributed by atoms with van der Waals surface area (Å²) in [7, 11) is 0. The maximum atomic E-state index is 13.3. The highest BCUT2D eigenvalue weighted by Gasteiger charge is 2.39. The predicted octanol–water partition coefficient (Wildman–Crippen LogP) is 6.68. The highest BCUT2D eigenvalue weighted by Crippen LogP contribution is 2.31. The number of ether oxygens (including phenoxy) is 1. The number of imide groups is 1. The van der Waals surface area contributed by atoms with E-state index in [1.54, 1.807) is 56.3 Å². The number of hydrogen-bond acceptors (Lipinski definition) is 7. The Morgan fingerprint density at radius 3 is 2.05 bits per heavy atom. The van der Waals surface area contributed by atoms with Gasteiger partial charge < -0.3 is 20.7 Å². The monoisotopic (exact) mass is 594 g/mol. The molecule has 1 aliphatic heterocycles. The number of nitrogens with zero attached hydrogens (tertiary/aromatic N) is 1. The third-order valence-corrected chi connectivity index (χ3v) is 6.66. The summed E-state index contributed by atoms with van der Waals surface area (Å²) < 4.78 is 5.21. The molecule has 0 aliphatic carbocycles. The van der Waals surface area contributed by atoms with Gasteiger partial charge in [-0.2, -0.15) is 0 Å². The van der Waals surface area contributed by atoms with Gasteiger partial charge in [0.2, 0.25) is 0 Å². The molecule has 3 amide bonds. The lowest BCUT2D eigenvalue weighted by atomic mass is 10.1. The standard InChI is InChI=1S/C33H27ClN4O5/c1-20(2)43-33(42)22-9-7-13-27(19-22)38-31(40)28(34)29(32(38)41)36-26-12-6-8-21(18-26)30(39)37-25-16-14-24(15-17-25)35-23-10-4-3-5-11-23/h3-20,35-36H,1-2H3,(H,37,39). The van der Waals surface area contributed by atoms with E-state index in [-0.39, 0.29) is 34.0 Å². The van der Waals surface area contributed by atoms with E-state index in [4.69, 9.17) is 16.3 Å².